The summed E-state index contributed by atoms with van der Waals surface area (Å²) in [5.41, 5.74) is 0.863. The van der Waals surface area contributed by atoms with E-state index in [0.29, 0.717) is 32.9 Å². The molecule has 0 amide bonds. The molecule has 0 saturated heterocycles. The molecule has 0 bridgehead atoms. The second-order valence-electron chi connectivity index (χ2n) is 6.77. The van der Waals surface area contributed by atoms with E-state index in [9.17, 15) is 9.32 Å². The molecule has 1 saturated carbocycles. The molecule has 1 fully saturated rings. The van der Waals surface area contributed by atoms with Gasteiger partial charge in [0.15, 0.2) is 11.5 Å². The lowest BCUT2D eigenvalue weighted by molar-refractivity contribution is 0.143. The molecule has 0 spiro atoms. The highest BCUT2D eigenvalue weighted by atomic mass is 35.5. The van der Waals surface area contributed by atoms with Gasteiger partial charge in [-0.3, -0.25) is 4.21 Å². The Labute approximate surface area is 169 Å². The minimum absolute atomic E-state index is 0.00847. The second-order valence-corrected chi connectivity index (χ2v) is 8.56. The van der Waals surface area contributed by atoms with Gasteiger partial charge < -0.3 is 10.4 Å². The first-order valence-electron chi connectivity index (χ1n) is 8.77. The summed E-state index contributed by atoms with van der Waals surface area (Å²) in [5.74, 6) is 1.11. The number of aliphatic hydroxyl groups is 1. The average Bonchev–Trinajstić information content (AvgIpc) is 3.07. The fourth-order valence-corrected chi connectivity index (χ4v) is 3.80. The third kappa shape index (κ3) is 3.65. The Morgan fingerprint density at radius 3 is 2.64 bits per heavy atom. The Balaban J connectivity index is 1.72. The van der Waals surface area contributed by atoms with Crippen LogP contribution in [-0.4, -0.2) is 52.3 Å². The van der Waals surface area contributed by atoms with Crippen molar-refractivity contribution in [3.05, 3.63) is 41.2 Å². The number of halogens is 1. The van der Waals surface area contributed by atoms with Crippen LogP contribution in [0.3, 0.4) is 0 Å². The molecule has 1 aliphatic carbocycles. The maximum atomic E-state index is 12.2. The van der Waals surface area contributed by atoms with Crippen molar-refractivity contribution in [2.75, 3.05) is 18.2 Å². The Bertz CT molecular complexity index is 1060. The topological polar surface area (TPSA) is 105 Å². The molecule has 3 aromatic heterocycles. The van der Waals surface area contributed by atoms with Crippen LogP contribution in [0.2, 0.25) is 5.02 Å². The van der Waals surface area contributed by atoms with Gasteiger partial charge in [0.2, 0.25) is 0 Å². The molecule has 146 valence electrons. The van der Waals surface area contributed by atoms with Crippen molar-refractivity contribution in [1.29, 1.82) is 0 Å². The highest BCUT2D eigenvalue weighted by Gasteiger charge is 2.37. The van der Waals surface area contributed by atoms with E-state index in [1.54, 1.807) is 29.1 Å². The number of hydrogen-bond acceptors (Lipinski definition) is 7. The fraction of sp³-hybridized carbons (Fsp3) is 0.333. The van der Waals surface area contributed by atoms with Crippen LogP contribution >= 0.6 is 11.6 Å². The Morgan fingerprint density at radius 2 is 2.04 bits per heavy atom. The second kappa shape index (κ2) is 7.57. The molecule has 4 rings (SSSR count). The van der Waals surface area contributed by atoms with Gasteiger partial charge >= 0.3 is 0 Å². The van der Waals surface area contributed by atoms with Gasteiger partial charge in [-0.05, 0) is 31.4 Å². The maximum absolute atomic E-state index is 12.2. The molecule has 0 aliphatic heterocycles. The molecule has 3 heterocycles. The van der Waals surface area contributed by atoms with E-state index < -0.39 is 16.3 Å². The molecule has 1 aliphatic rings. The number of aliphatic hydroxyl groups excluding tert-OH is 1. The van der Waals surface area contributed by atoms with Gasteiger partial charge in [-0.15, -0.1) is 0 Å². The van der Waals surface area contributed by atoms with Gasteiger partial charge in [-0.25, -0.2) is 15.0 Å². The van der Waals surface area contributed by atoms with Crippen molar-refractivity contribution in [2.45, 2.75) is 29.7 Å². The maximum Gasteiger partial charge on any atom is 0.157 e. The van der Waals surface area contributed by atoms with Crippen LogP contribution in [0.25, 0.3) is 17.8 Å². The molecule has 0 radical (unpaired) electrons. The van der Waals surface area contributed by atoms with Crippen molar-refractivity contribution in [1.82, 2.24) is 24.6 Å². The minimum atomic E-state index is -1.26. The molecule has 28 heavy (non-hydrogen) atoms. The van der Waals surface area contributed by atoms with E-state index in [1.165, 1.54) is 12.4 Å². The van der Waals surface area contributed by atoms with Crippen molar-refractivity contribution < 1.29 is 9.32 Å². The third-order valence-electron chi connectivity index (χ3n) is 4.82. The van der Waals surface area contributed by atoms with Crippen LogP contribution < -0.4 is 5.32 Å². The molecular weight excluding hydrogens is 400 g/mol. The first-order valence-corrected chi connectivity index (χ1v) is 10.7. The minimum Gasteiger partial charge on any atom is -0.394 e. The summed E-state index contributed by atoms with van der Waals surface area (Å²) >= 11 is 5.80. The summed E-state index contributed by atoms with van der Waals surface area (Å²) in [7, 11) is -1.26. The van der Waals surface area contributed by atoms with Gasteiger partial charge in [-0.1, -0.05) is 11.6 Å². The van der Waals surface area contributed by atoms with Gasteiger partial charge in [0.05, 0.1) is 38.6 Å². The van der Waals surface area contributed by atoms with Gasteiger partial charge in [0.25, 0.3) is 0 Å². The molecular formula is C18H19ClN6O2S. The van der Waals surface area contributed by atoms with E-state index in [2.05, 4.69) is 25.4 Å². The van der Waals surface area contributed by atoms with Gasteiger partial charge in [0, 0.05) is 30.9 Å². The predicted molar refractivity (Wildman–Crippen MR) is 109 cm³/mol. The summed E-state index contributed by atoms with van der Waals surface area (Å²) in [6.45, 7) is 0.00847. The van der Waals surface area contributed by atoms with Gasteiger partial charge in [0.1, 0.15) is 5.82 Å². The summed E-state index contributed by atoms with van der Waals surface area (Å²) in [6, 6.07) is 1.81. The largest absolute Gasteiger partial charge is 0.394 e. The number of nitrogens with zero attached hydrogens (tertiary/aromatic N) is 5. The summed E-state index contributed by atoms with van der Waals surface area (Å²) in [4.78, 5) is 13.2. The fourth-order valence-electron chi connectivity index (χ4n) is 3.09. The normalized spacial score (nSPS) is 17.0. The summed E-state index contributed by atoms with van der Waals surface area (Å²) < 4.78 is 13.9. The third-order valence-corrected chi connectivity index (χ3v) is 5.93. The number of rotatable bonds is 6. The van der Waals surface area contributed by atoms with Gasteiger partial charge in [-0.2, -0.15) is 9.61 Å². The summed E-state index contributed by atoms with van der Waals surface area (Å²) in [6.07, 6.45) is 12.5. The first-order chi connectivity index (χ1) is 13.5. The van der Waals surface area contributed by atoms with Crippen LogP contribution in [0.4, 0.5) is 5.82 Å². The van der Waals surface area contributed by atoms with Crippen LogP contribution in [-0.2, 0) is 10.8 Å². The summed E-state index contributed by atoms with van der Waals surface area (Å²) in [5, 5.41) is 18.2. The van der Waals surface area contributed by atoms with Crippen LogP contribution in [0.15, 0.2) is 29.6 Å². The van der Waals surface area contributed by atoms with E-state index in [4.69, 9.17) is 11.6 Å². The lowest BCUT2D eigenvalue weighted by atomic mass is 9.77. The van der Waals surface area contributed by atoms with E-state index in [1.807, 2.05) is 6.07 Å². The Kier molecular flexibility index (Phi) is 5.13. The zero-order valence-electron chi connectivity index (χ0n) is 15.2. The quantitative estimate of drug-likeness (QED) is 0.633. The average molecular weight is 419 g/mol. The Morgan fingerprint density at radius 1 is 1.29 bits per heavy atom. The highest BCUT2D eigenvalue weighted by molar-refractivity contribution is 7.84. The van der Waals surface area contributed by atoms with Crippen molar-refractivity contribution in [3.63, 3.8) is 0 Å². The number of anilines is 1. The smallest absolute Gasteiger partial charge is 0.157 e. The molecule has 0 unspecified atom stereocenters. The number of hydrogen-bond donors (Lipinski definition) is 2. The van der Waals surface area contributed by atoms with Crippen molar-refractivity contribution in [2.24, 2.45) is 0 Å². The number of nitrogens with one attached hydrogen (secondary N) is 1. The zero-order chi connectivity index (χ0) is 19.7. The van der Waals surface area contributed by atoms with E-state index >= 15 is 0 Å². The molecule has 2 N–H and O–H groups in total. The highest BCUT2D eigenvalue weighted by Crippen LogP contribution is 2.36. The standard InChI is InChI=1S/C18H19ClN6O2S/c1-28(27)14-10-22-16-7-13(3-4-15-20-8-12(19)9-21-15)24-25(16)17(14)23-18(11-26)5-2-6-18/h3-4,7-10,23,26H,2,5-6,11H2,1H3/b4-3+/t28-/m0/s1. The number of aromatic nitrogens is 5. The SMILES string of the molecule is C[S@](=O)c1cnc2cc(/C=C/c3ncc(Cl)cn3)nn2c1NC1(CO)CCC1. The molecule has 8 nitrogen and oxygen atoms in total. The lowest BCUT2D eigenvalue weighted by Crippen LogP contribution is -2.49. The van der Waals surface area contributed by atoms with Crippen molar-refractivity contribution >= 4 is 46.0 Å². The molecule has 3 aromatic rings. The first kappa shape index (κ1) is 19.0. The van der Waals surface area contributed by atoms with Crippen molar-refractivity contribution in [3.8, 4) is 0 Å². The zero-order valence-corrected chi connectivity index (χ0v) is 16.7. The molecule has 1 atom stereocenters. The monoisotopic (exact) mass is 418 g/mol. The molecule has 0 aromatic carbocycles. The number of fused-ring (bicyclic) bond motifs is 1. The lowest BCUT2D eigenvalue weighted by Gasteiger charge is -2.42. The van der Waals surface area contributed by atoms with E-state index in [-0.39, 0.29) is 6.61 Å². The van der Waals surface area contributed by atoms with Crippen LogP contribution in [0, 0.1) is 0 Å². The Hall–Kier alpha value is -2.36. The van der Waals surface area contributed by atoms with E-state index in [0.717, 1.165) is 19.3 Å². The molecule has 10 heteroatoms. The van der Waals surface area contributed by atoms with Crippen LogP contribution in [0.5, 0.6) is 0 Å². The predicted octanol–water partition coefficient (Wildman–Crippen LogP) is 2.41. The van der Waals surface area contributed by atoms with Crippen LogP contribution in [0.1, 0.15) is 30.8 Å².